The molecule has 0 aromatic carbocycles. The van der Waals surface area contributed by atoms with Gasteiger partial charge in [-0.2, -0.15) is 0 Å². The predicted octanol–water partition coefficient (Wildman–Crippen LogP) is 3.40. The summed E-state index contributed by atoms with van der Waals surface area (Å²) in [4.78, 5) is 19.1. The van der Waals surface area contributed by atoms with Gasteiger partial charge in [-0.1, -0.05) is 6.07 Å². The summed E-state index contributed by atoms with van der Waals surface area (Å²) in [6.45, 7) is 9.07. The van der Waals surface area contributed by atoms with Gasteiger partial charge in [0, 0.05) is 30.4 Å². The molecule has 5 rings (SSSR count). The minimum atomic E-state index is 0.624. The van der Waals surface area contributed by atoms with Gasteiger partial charge in [-0.15, -0.1) is 11.3 Å². The van der Waals surface area contributed by atoms with Crippen LogP contribution in [0.25, 0.3) is 15.9 Å². The zero-order valence-electron chi connectivity index (χ0n) is 16.7. The normalized spacial score (nSPS) is 15.4. The van der Waals surface area contributed by atoms with Crippen molar-refractivity contribution in [3.05, 3.63) is 52.6 Å². The van der Waals surface area contributed by atoms with Gasteiger partial charge in [-0.25, -0.2) is 15.0 Å². The molecule has 0 radical (unpaired) electrons. The fourth-order valence-corrected chi connectivity index (χ4v) is 4.75. The van der Waals surface area contributed by atoms with Gasteiger partial charge in [-0.05, 0) is 31.5 Å². The highest BCUT2D eigenvalue weighted by Crippen LogP contribution is 2.33. The number of morpholine rings is 1. The van der Waals surface area contributed by atoms with Gasteiger partial charge in [0.1, 0.15) is 22.1 Å². The predicted molar refractivity (Wildman–Crippen MR) is 116 cm³/mol. The summed E-state index contributed by atoms with van der Waals surface area (Å²) in [6, 6.07) is 6.03. The molecule has 5 heterocycles. The average molecular weight is 409 g/mol. The Morgan fingerprint density at radius 1 is 1.14 bits per heavy atom. The van der Waals surface area contributed by atoms with Crippen LogP contribution in [0.1, 0.15) is 22.0 Å². The standard InChI is InChI=1S/C21H24N6OS/c1-14-15(2)29-21-19(14)20(24-17(25-21)13-26-7-9-28-10-8-26)22-11-16-12-27-6-4-3-5-18(27)23-16/h3-6,12H,7-11,13H2,1-2H3,(H,22,24,25). The molecule has 1 saturated heterocycles. The lowest BCUT2D eigenvalue weighted by atomic mass is 10.2. The van der Waals surface area contributed by atoms with Crippen molar-refractivity contribution in [2.45, 2.75) is 26.9 Å². The summed E-state index contributed by atoms with van der Waals surface area (Å²) in [5.41, 5.74) is 3.19. The Balaban J connectivity index is 1.45. The van der Waals surface area contributed by atoms with E-state index in [1.54, 1.807) is 11.3 Å². The SMILES string of the molecule is Cc1sc2nc(CN3CCOCC3)nc(NCc3cn4ccccc4n3)c2c1C. The summed E-state index contributed by atoms with van der Waals surface area (Å²) in [5.74, 6) is 1.76. The first kappa shape index (κ1) is 18.5. The van der Waals surface area contributed by atoms with Gasteiger partial charge in [0.25, 0.3) is 0 Å². The highest BCUT2D eigenvalue weighted by Gasteiger charge is 2.18. The van der Waals surface area contributed by atoms with Crippen LogP contribution in [0.4, 0.5) is 5.82 Å². The second-order valence-electron chi connectivity index (χ2n) is 7.39. The van der Waals surface area contributed by atoms with Crippen molar-refractivity contribution < 1.29 is 4.74 Å². The first-order chi connectivity index (χ1) is 14.2. The number of hydrogen-bond donors (Lipinski definition) is 1. The number of aryl methyl sites for hydroxylation is 2. The Bertz CT molecular complexity index is 1130. The Morgan fingerprint density at radius 2 is 2.00 bits per heavy atom. The molecule has 1 N–H and O–H groups in total. The van der Waals surface area contributed by atoms with Crippen molar-refractivity contribution in [1.29, 1.82) is 0 Å². The minimum Gasteiger partial charge on any atom is -0.379 e. The second-order valence-corrected chi connectivity index (χ2v) is 8.60. The highest BCUT2D eigenvalue weighted by atomic mass is 32.1. The third kappa shape index (κ3) is 3.71. The van der Waals surface area contributed by atoms with Crippen molar-refractivity contribution in [1.82, 2.24) is 24.3 Å². The lowest BCUT2D eigenvalue weighted by Gasteiger charge is -2.25. The fourth-order valence-electron chi connectivity index (χ4n) is 3.70. The van der Waals surface area contributed by atoms with E-state index in [9.17, 15) is 0 Å². The molecule has 0 atom stereocenters. The Hall–Kier alpha value is -2.55. The number of pyridine rings is 1. The van der Waals surface area contributed by atoms with Gasteiger partial charge in [0.05, 0.1) is 37.4 Å². The molecule has 0 aliphatic carbocycles. The molecular weight excluding hydrogens is 384 g/mol. The summed E-state index contributed by atoms with van der Waals surface area (Å²) >= 11 is 1.74. The molecule has 4 aromatic rings. The van der Waals surface area contributed by atoms with Crippen LogP contribution in [0, 0.1) is 13.8 Å². The van der Waals surface area contributed by atoms with E-state index in [1.807, 2.05) is 28.8 Å². The van der Waals surface area contributed by atoms with E-state index < -0.39 is 0 Å². The van der Waals surface area contributed by atoms with Gasteiger partial charge in [0.15, 0.2) is 0 Å². The maximum atomic E-state index is 5.46. The molecule has 7 nitrogen and oxygen atoms in total. The number of aromatic nitrogens is 4. The van der Waals surface area contributed by atoms with Crippen LogP contribution in [-0.4, -0.2) is 50.6 Å². The third-order valence-corrected chi connectivity index (χ3v) is 6.50. The van der Waals surface area contributed by atoms with Crippen LogP contribution in [0.2, 0.25) is 0 Å². The lowest BCUT2D eigenvalue weighted by Crippen LogP contribution is -2.36. The number of hydrogen-bond acceptors (Lipinski definition) is 7. The molecule has 0 bridgehead atoms. The van der Waals surface area contributed by atoms with Crippen molar-refractivity contribution in [3.63, 3.8) is 0 Å². The minimum absolute atomic E-state index is 0.624. The van der Waals surface area contributed by atoms with Crippen LogP contribution >= 0.6 is 11.3 Å². The second kappa shape index (κ2) is 7.70. The first-order valence-corrected chi connectivity index (χ1v) is 10.7. The van der Waals surface area contributed by atoms with Crippen molar-refractivity contribution in [2.24, 2.45) is 0 Å². The number of anilines is 1. The molecule has 0 spiro atoms. The van der Waals surface area contributed by atoms with Crippen LogP contribution < -0.4 is 5.32 Å². The zero-order chi connectivity index (χ0) is 19.8. The zero-order valence-corrected chi connectivity index (χ0v) is 17.5. The number of rotatable bonds is 5. The van der Waals surface area contributed by atoms with Gasteiger partial charge >= 0.3 is 0 Å². The lowest BCUT2D eigenvalue weighted by molar-refractivity contribution is 0.0331. The van der Waals surface area contributed by atoms with Crippen LogP contribution in [0.3, 0.4) is 0 Å². The van der Waals surface area contributed by atoms with E-state index >= 15 is 0 Å². The van der Waals surface area contributed by atoms with Crippen molar-refractivity contribution >= 4 is 33.0 Å². The molecule has 0 saturated carbocycles. The highest BCUT2D eigenvalue weighted by molar-refractivity contribution is 7.18. The molecule has 1 aliphatic rings. The molecule has 0 unspecified atom stereocenters. The third-order valence-electron chi connectivity index (χ3n) is 5.39. The van der Waals surface area contributed by atoms with E-state index in [1.165, 1.54) is 10.4 Å². The summed E-state index contributed by atoms with van der Waals surface area (Å²) in [7, 11) is 0. The van der Waals surface area contributed by atoms with E-state index in [-0.39, 0.29) is 0 Å². The number of imidazole rings is 1. The van der Waals surface area contributed by atoms with E-state index in [0.29, 0.717) is 6.54 Å². The first-order valence-electron chi connectivity index (χ1n) is 9.90. The fraction of sp³-hybridized carbons (Fsp3) is 0.381. The average Bonchev–Trinajstić information content (AvgIpc) is 3.27. The number of fused-ring (bicyclic) bond motifs is 2. The number of thiophene rings is 1. The topological polar surface area (TPSA) is 67.6 Å². The molecule has 0 amide bonds. The van der Waals surface area contributed by atoms with Crippen molar-refractivity contribution in [2.75, 3.05) is 31.6 Å². The molecule has 150 valence electrons. The van der Waals surface area contributed by atoms with Gasteiger partial charge < -0.3 is 14.5 Å². The maximum Gasteiger partial charge on any atom is 0.146 e. The Kier molecular flexibility index (Phi) is 4.91. The number of nitrogens with one attached hydrogen (secondary N) is 1. The molecule has 4 aromatic heterocycles. The Labute approximate surface area is 173 Å². The van der Waals surface area contributed by atoms with Gasteiger partial charge in [-0.3, -0.25) is 4.90 Å². The van der Waals surface area contributed by atoms with Crippen LogP contribution in [0.15, 0.2) is 30.6 Å². The molecule has 8 heteroatoms. The monoisotopic (exact) mass is 408 g/mol. The van der Waals surface area contributed by atoms with Crippen LogP contribution in [0.5, 0.6) is 0 Å². The quantitative estimate of drug-likeness (QED) is 0.546. The molecule has 1 aliphatic heterocycles. The largest absolute Gasteiger partial charge is 0.379 e. The smallest absolute Gasteiger partial charge is 0.146 e. The number of ether oxygens (including phenoxy) is 1. The summed E-state index contributed by atoms with van der Waals surface area (Å²) in [5, 5.41) is 4.66. The maximum absolute atomic E-state index is 5.46. The van der Waals surface area contributed by atoms with E-state index in [4.69, 9.17) is 14.7 Å². The van der Waals surface area contributed by atoms with E-state index in [2.05, 4.69) is 35.2 Å². The number of nitrogens with zero attached hydrogens (tertiary/aromatic N) is 5. The van der Waals surface area contributed by atoms with Crippen LogP contribution in [-0.2, 0) is 17.8 Å². The molecular formula is C21H24N6OS. The molecule has 29 heavy (non-hydrogen) atoms. The summed E-state index contributed by atoms with van der Waals surface area (Å²) in [6.07, 6.45) is 4.07. The van der Waals surface area contributed by atoms with Crippen molar-refractivity contribution in [3.8, 4) is 0 Å². The molecule has 1 fully saturated rings. The summed E-state index contributed by atoms with van der Waals surface area (Å²) < 4.78 is 7.50. The van der Waals surface area contributed by atoms with E-state index in [0.717, 1.165) is 66.0 Å². The Morgan fingerprint density at radius 3 is 2.83 bits per heavy atom. The van der Waals surface area contributed by atoms with Gasteiger partial charge in [0.2, 0.25) is 0 Å².